The summed E-state index contributed by atoms with van der Waals surface area (Å²) in [5.74, 6) is 0.325. The fourth-order valence-corrected chi connectivity index (χ4v) is 2.23. The summed E-state index contributed by atoms with van der Waals surface area (Å²) in [4.78, 5) is 0. The van der Waals surface area contributed by atoms with Crippen LogP contribution in [0.1, 0.15) is 45.2 Å². The van der Waals surface area contributed by atoms with Crippen molar-refractivity contribution in [2.45, 2.75) is 45.7 Å². The zero-order chi connectivity index (χ0) is 13.5. The molecule has 18 heavy (non-hydrogen) atoms. The van der Waals surface area contributed by atoms with Gasteiger partial charge < -0.3 is 10.4 Å². The van der Waals surface area contributed by atoms with Crippen LogP contribution in [0.25, 0.3) is 0 Å². The van der Waals surface area contributed by atoms with Gasteiger partial charge in [0.15, 0.2) is 0 Å². The Bertz CT molecular complexity index is 354. The van der Waals surface area contributed by atoms with Gasteiger partial charge in [-0.3, -0.25) is 0 Å². The minimum atomic E-state index is -0.182. The van der Waals surface area contributed by atoms with E-state index in [4.69, 9.17) is 0 Å². The maximum atomic E-state index is 13.7. The van der Waals surface area contributed by atoms with Gasteiger partial charge in [-0.25, -0.2) is 4.39 Å². The van der Waals surface area contributed by atoms with E-state index in [1.165, 1.54) is 6.07 Å². The minimum Gasteiger partial charge on any atom is -0.395 e. The van der Waals surface area contributed by atoms with Crippen LogP contribution in [0.3, 0.4) is 0 Å². The van der Waals surface area contributed by atoms with Gasteiger partial charge in [0, 0.05) is 17.6 Å². The molecule has 0 heterocycles. The van der Waals surface area contributed by atoms with Crippen LogP contribution in [0.2, 0.25) is 0 Å². The van der Waals surface area contributed by atoms with Gasteiger partial charge in [-0.1, -0.05) is 39.0 Å². The first-order valence-electron chi connectivity index (χ1n) is 6.69. The van der Waals surface area contributed by atoms with E-state index in [1.807, 2.05) is 13.0 Å². The topological polar surface area (TPSA) is 32.3 Å². The lowest BCUT2D eigenvalue weighted by Crippen LogP contribution is -2.36. The summed E-state index contributed by atoms with van der Waals surface area (Å²) in [6.07, 6.45) is 1.69. The second kappa shape index (κ2) is 7.49. The van der Waals surface area contributed by atoms with Crippen molar-refractivity contribution in [2.24, 2.45) is 5.92 Å². The van der Waals surface area contributed by atoms with E-state index in [0.29, 0.717) is 11.5 Å². The summed E-state index contributed by atoms with van der Waals surface area (Å²) in [5, 5.41) is 12.7. The number of halogens is 1. The Morgan fingerprint density at radius 1 is 1.28 bits per heavy atom. The van der Waals surface area contributed by atoms with Crippen LogP contribution in [0.5, 0.6) is 0 Å². The first-order valence-corrected chi connectivity index (χ1v) is 6.69. The van der Waals surface area contributed by atoms with E-state index >= 15 is 0 Å². The van der Waals surface area contributed by atoms with Crippen LogP contribution in [0, 0.1) is 11.7 Å². The summed E-state index contributed by atoms with van der Waals surface area (Å²) < 4.78 is 13.7. The van der Waals surface area contributed by atoms with Gasteiger partial charge in [0.1, 0.15) is 5.82 Å². The molecule has 1 rings (SSSR count). The smallest absolute Gasteiger partial charge is 0.127 e. The van der Waals surface area contributed by atoms with Crippen LogP contribution < -0.4 is 5.32 Å². The minimum absolute atomic E-state index is 0.0227. The number of nitrogens with one attached hydrogen (secondary N) is 1. The zero-order valence-corrected chi connectivity index (χ0v) is 11.5. The molecular formula is C15H24FNO. The fourth-order valence-electron chi connectivity index (χ4n) is 2.23. The standard InChI is InChI=1S/C15H24FNO/c1-4-15(13-7-5-6-8-14(13)16)17-12(10-18)9-11(2)3/h5-8,11-12,15,17-18H,4,9-10H2,1-3H3. The van der Waals surface area contributed by atoms with Crippen LogP contribution in [-0.4, -0.2) is 17.8 Å². The first kappa shape index (κ1) is 15.1. The predicted molar refractivity (Wildman–Crippen MR) is 72.9 cm³/mol. The molecular weight excluding hydrogens is 229 g/mol. The monoisotopic (exact) mass is 253 g/mol. The molecule has 0 saturated heterocycles. The summed E-state index contributed by atoms with van der Waals surface area (Å²) in [5.41, 5.74) is 0.683. The highest BCUT2D eigenvalue weighted by Gasteiger charge is 2.18. The number of hydrogen-bond donors (Lipinski definition) is 2. The third-order valence-corrected chi connectivity index (χ3v) is 3.10. The lowest BCUT2D eigenvalue weighted by atomic mass is 9.99. The van der Waals surface area contributed by atoms with Gasteiger partial charge in [-0.05, 0) is 24.8 Å². The van der Waals surface area contributed by atoms with Gasteiger partial charge in [0.25, 0.3) is 0 Å². The van der Waals surface area contributed by atoms with Gasteiger partial charge in [0.2, 0.25) is 0 Å². The molecule has 2 nitrogen and oxygen atoms in total. The Kier molecular flexibility index (Phi) is 6.30. The average Bonchev–Trinajstić information content (AvgIpc) is 2.35. The Labute approximate surface area is 109 Å². The van der Waals surface area contributed by atoms with E-state index < -0.39 is 0 Å². The number of rotatable bonds is 7. The van der Waals surface area contributed by atoms with Crippen molar-refractivity contribution in [3.05, 3.63) is 35.6 Å². The number of aliphatic hydroxyl groups is 1. The first-order chi connectivity index (χ1) is 8.58. The Morgan fingerprint density at radius 2 is 1.94 bits per heavy atom. The van der Waals surface area contributed by atoms with Crippen molar-refractivity contribution in [3.63, 3.8) is 0 Å². The molecule has 0 amide bonds. The lowest BCUT2D eigenvalue weighted by Gasteiger charge is -2.25. The van der Waals surface area contributed by atoms with Crippen molar-refractivity contribution in [1.29, 1.82) is 0 Å². The fraction of sp³-hybridized carbons (Fsp3) is 0.600. The highest BCUT2D eigenvalue weighted by Crippen LogP contribution is 2.21. The molecule has 0 radical (unpaired) electrons. The molecule has 0 aromatic heterocycles. The molecule has 0 saturated carbocycles. The highest BCUT2D eigenvalue weighted by atomic mass is 19.1. The maximum Gasteiger partial charge on any atom is 0.127 e. The molecule has 2 unspecified atom stereocenters. The van der Waals surface area contributed by atoms with Crippen LogP contribution in [-0.2, 0) is 0 Å². The summed E-state index contributed by atoms with van der Waals surface area (Å²) in [6, 6.07) is 6.82. The Balaban J connectivity index is 2.75. The van der Waals surface area contributed by atoms with Crippen molar-refractivity contribution >= 4 is 0 Å². The van der Waals surface area contributed by atoms with Crippen LogP contribution in [0.15, 0.2) is 24.3 Å². The average molecular weight is 253 g/mol. The van der Waals surface area contributed by atoms with E-state index in [-0.39, 0.29) is 24.5 Å². The summed E-state index contributed by atoms with van der Waals surface area (Å²) in [6.45, 7) is 6.35. The quantitative estimate of drug-likeness (QED) is 0.781. The molecule has 2 N–H and O–H groups in total. The third kappa shape index (κ3) is 4.39. The van der Waals surface area contributed by atoms with Gasteiger partial charge >= 0.3 is 0 Å². The van der Waals surface area contributed by atoms with E-state index in [9.17, 15) is 9.50 Å². The van der Waals surface area contributed by atoms with Crippen molar-refractivity contribution in [3.8, 4) is 0 Å². The van der Waals surface area contributed by atoms with Gasteiger partial charge in [-0.2, -0.15) is 0 Å². The molecule has 0 aliphatic heterocycles. The lowest BCUT2D eigenvalue weighted by molar-refractivity contribution is 0.211. The molecule has 0 aliphatic carbocycles. The highest BCUT2D eigenvalue weighted by molar-refractivity contribution is 5.21. The second-order valence-electron chi connectivity index (χ2n) is 5.16. The molecule has 3 heteroatoms. The molecule has 2 atom stereocenters. The van der Waals surface area contributed by atoms with Crippen molar-refractivity contribution < 1.29 is 9.50 Å². The van der Waals surface area contributed by atoms with Crippen molar-refractivity contribution in [2.75, 3.05) is 6.61 Å². The van der Waals surface area contributed by atoms with Crippen LogP contribution in [0.4, 0.5) is 4.39 Å². The van der Waals surface area contributed by atoms with E-state index in [2.05, 4.69) is 19.2 Å². The van der Waals surface area contributed by atoms with E-state index in [1.54, 1.807) is 12.1 Å². The summed E-state index contributed by atoms with van der Waals surface area (Å²) >= 11 is 0. The van der Waals surface area contributed by atoms with Crippen molar-refractivity contribution in [1.82, 2.24) is 5.32 Å². The molecule has 0 bridgehead atoms. The predicted octanol–water partition coefficient (Wildman–Crippen LogP) is 3.27. The molecule has 102 valence electrons. The summed E-state index contributed by atoms with van der Waals surface area (Å²) in [7, 11) is 0. The number of aliphatic hydroxyl groups excluding tert-OH is 1. The third-order valence-electron chi connectivity index (χ3n) is 3.10. The molecule has 0 aliphatic rings. The maximum absolute atomic E-state index is 13.7. The zero-order valence-electron chi connectivity index (χ0n) is 11.5. The van der Waals surface area contributed by atoms with Gasteiger partial charge in [0.05, 0.1) is 6.61 Å². The molecule has 1 aromatic carbocycles. The molecule has 0 fully saturated rings. The van der Waals surface area contributed by atoms with E-state index in [0.717, 1.165) is 12.8 Å². The van der Waals surface area contributed by atoms with Gasteiger partial charge in [-0.15, -0.1) is 0 Å². The normalized spacial score (nSPS) is 14.8. The Hall–Kier alpha value is -0.930. The molecule has 0 spiro atoms. The van der Waals surface area contributed by atoms with Crippen LogP contribution >= 0.6 is 0 Å². The second-order valence-corrected chi connectivity index (χ2v) is 5.16. The Morgan fingerprint density at radius 3 is 2.44 bits per heavy atom. The molecule has 1 aromatic rings. The largest absolute Gasteiger partial charge is 0.395 e. The SMILES string of the molecule is CCC(NC(CO)CC(C)C)c1ccccc1F. The number of benzene rings is 1. The number of hydrogen-bond acceptors (Lipinski definition) is 2.